The highest BCUT2D eigenvalue weighted by Gasteiger charge is 2.33. The summed E-state index contributed by atoms with van der Waals surface area (Å²) in [6.07, 6.45) is 2.68. The number of fused-ring (bicyclic) bond motifs is 1. The van der Waals surface area contributed by atoms with Crippen molar-refractivity contribution < 1.29 is 18.7 Å². The fourth-order valence-corrected chi connectivity index (χ4v) is 3.08. The molecule has 23 heavy (non-hydrogen) atoms. The molecule has 0 radical (unpaired) electrons. The van der Waals surface area contributed by atoms with Gasteiger partial charge in [0, 0.05) is 23.6 Å². The number of aromatic amines is 1. The summed E-state index contributed by atoms with van der Waals surface area (Å²) >= 11 is 0. The zero-order valence-electron chi connectivity index (χ0n) is 13.6. The Balaban J connectivity index is 1.87. The van der Waals surface area contributed by atoms with Crippen LogP contribution in [0.15, 0.2) is 22.8 Å². The fourth-order valence-electron chi connectivity index (χ4n) is 3.08. The van der Waals surface area contributed by atoms with Crippen molar-refractivity contribution in [2.24, 2.45) is 5.92 Å². The lowest BCUT2D eigenvalue weighted by atomic mass is 9.84. The Bertz CT molecular complexity index is 725. The van der Waals surface area contributed by atoms with Crippen molar-refractivity contribution in [1.82, 2.24) is 4.98 Å². The molecule has 3 rings (SSSR count). The van der Waals surface area contributed by atoms with Crippen molar-refractivity contribution in [2.75, 3.05) is 6.61 Å². The molecule has 5 heteroatoms. The molecular formula is C18H21NO4. The van der Waals surface area contributed by atoms with Crippen LogP contribution in [0.3, 0.4) is 0 Å². The second-order valence-corrected chi connectivity index (χ2v) is 6.51. The number of aromatic nitrogens is 1. The molecule has 0 bridgehead atoms. The van der Waals surface area contributed by atoms with Crippen LogP contribution in [0.2, 0.25) is 0 Å². The summed E-state index contributed by atoms with van der Waals surface area (Å²) in [7, 11) is 0. The van der Waals surface area contributed by atoms with E-state index in [1.54, 1.807) is 13.2 Å². The highest BCUT2D eigenvalue weighted by molar-refractivity contribution is 6.03. The standard InChI is InChI=1S/C18H21NO4/c1-10(2)9-23-18(21)17-11(3)16-13(19-17)7-12(8-14(16)20)15-5-4-6-22-15/h4-6,10,12,19H,7-9H2,1-3H3/t12-/m0/s1. The lowest BCUT2D eigenvalue weighted by Crippen LogP contribution is -2.18. The Hall–Kier alpha value is -2.30. The number of furan rings is 1. The lowest BCUT2D eigenvalue weighted by Gasteiger charge is -2.19. The van der Waals surface area contributed by atoms with Crippen LogP contribution in [0.1, 0.15) is 64.1 Å². The Morgan fingerprint density at radius 1 is 1.43 bits per heavy atom. The average molecular weight is 315 g/mol. The minimum Gasteiger partial charge on any atom is -0.469 e. The van der Waals surface area contributed by atoms with Gasteiger partial charge >= 0.3 is 5.97 Å². The van der Waals surface area contributed by atoms with Gasteiger partial charge in [-0.1, -0.05) is 13.8 Å². The normalized spacial score (nSPS) is 17.4. The van der Waals surface area contributed by atoms with Gasteiger partial charge in [-0.2, -0.15) is 0 Å². The van der Waals surface area contributed by atoms with Crippen molar-refractivity contribution in [3.05, 3.63) is 46.7 Å². The fraction of sp³-hybridized carbons (Fsp3) is 0.444. The van der Waals surface area contributed by atoms with Crippen LogP contribution in [-0.2, 0) is 11.2 Å². The Kier molecular flexibility index (Phi) is 4.11. The van der Waals surface area contributed by atoms with Gasteiger partial charge in [-0.15, -0.1) is 0 Å². The molecule has 0 amide bonds. The lowest BCUT2D eigenvalue weighted by molar-refractivity contribution is 0.0451. The molecule has 1 aliphatic rings. The third-order valence-corrected chi connectivity index (χ3v) is 4.19. The van der Waals surface area contributed by atoms with Crippen LogP contribution in [0.4, 0.5) is 0 Å². The highest BCUT2D eigenvalue weighted by Crippen LogP contribution is 2.35. The van der Waals surface area contributed by atoms with E-state index >= 15 is 0 Å². The first kappa shape index (κ1) is 15.6. The number of H-pyrrole nitrogens is 1. The van der Waals surface area contributed by atoms with E-state index in [9.17, 15) is 9.59 Å². The van der Waals surface area contributed by atoms with E-state index < -0.39 is 5.97 Å². The Morgan fingerprint density at radius 3 is 2.87 bits per heavy atom. The summed E-state index contributed by atoms with van der Waals surface area (Å²) in [6.45, 7) is 6.13. The summed E-state index contributed by atoms with van der Waals surface area (Å²) in [6, 6.07) is 3.71. The number of nitrogens with one attached hydrogen (secondary N) is 1. The number of rotatable bonds is 4. The van der Waals surface area contributed by atoms with Crippen LogP contribution in [0, 0.1) is 12.8 Å². The third kappa shape index (κ3) is 2.96. The van der Waals surface area contributed by atoms with E-state index in [4.69, 9.17) is 9.15 Å². The molecule has 5 nitrogen and oxygen atoms in total. The van der Waals surface area contributed by atoms with E-state index in [2.05, 4.69) is 4.98 Å². The predicted octanol–water partition coefficient (Wildman–Crippen LogP) is 3.64. The van der Waals surface area contributed by atoms with Gasteiger partial charge in [-0.05, 0) is 37.0 Å². The zero-order chi connectivity index (χ0) is 16.6. The maximum absolute atomic E-state index is 12.5. The van der Waals surface area contributed by atoms with Gasteiger partial charge in [-0.3, -0.25) is 4.79 Å². The quantitative estimate of drug-likeness (QED) is 0.874. The number of esters is 1. The molecule has 0 unspecified atom stereocenters. The number of carbonyl (C=O) groups excluding carboxylic acids is 2. The number of Topliss-reactive ketones (excluding diaryl/α,β-unsaturated/α-hetero) is 1. The molecule has 2 heterocycles. The second-order valence-electron chi connectivity index (χ2n) is 6.51. The van der Waals surface area contributed by atoms with Crippen molar-refractivity contribution >= 4 is 11.8 Å². The van der Waals surface area contributed by atoms with Gasteiger partial charge in [0.2, 0.25) is 0 Å². The first-order valence-corrected chi connectivity index (χ1v) is 7.92. The summed E-state index contributed by atoms with van der Waals surface area (Å²) in [5.74, 6) is 0.744. The van der Waals surface area contributed by atoms with Gasteiger partial charge in [-0.25, -0.2) is 4.79 Å². The van der Waals surface area contributed by atoms with Crippen molar-refractivity contribution in [3.63, 3.8) is 0 Å². The molecule has 1 atom stereocenters. The average Bonchev–Trinajstić information content (AvgIpc) is 3.13. The number of carbonyl (C=O) groups is 2. The van der Waals surface area contributed by atoms with E-state index in [1.165, 1.54) is 0 Å². The summed E-state index contributed by atoms with van der Waals surface area (Å²) in [4.78, 5) is 27.8. The van der Waals surface area contributed by atoms with Gasteiger partial charge in [0.1, 0.15) is 11.5 Å². The van der Waals surface area contributed by atoms with Crippen LogP contribution in [0.25, 0.3) is 0 Å². The monoisotopic (exact) mass is 315 g/mol. The number of hydrogen-bond acceptors (Lipinski definition) is 4. The maximum Gasteiger partial charge on any atom is 0.355 e. The topological polar surface area (TPSA) is 72.3 Å². The second kappa shape index (κ2) is 6.07. The number of hydrogen-bond donors (Lipinski definition) is 1. The summed E-state index contributed by atoms with van der Waals surface area (Å²) in [5.41, 5.74) is 2.53. The molecule has 0 aromatic carbocycles. The van der Waals surface area contributed by atoms with Crippen LogP contribution in [-0.4, -0.2) is 23.3 Å². The van der Waals surface area contributed by atoms with Crippen LogP contribution >= 0.6 is 0 Å². The van der Waals surface area contributed by atoms with E-state index in [-0.39, 0.29) is 17.6 Å². The molecule has 0 fully saturated rings. The van der Waals surface area contributed by atoms with Gasteiger partial charge in [0.15, 0.2) is 5.78 Å². The molecule has 1 N–H and O–H groups in total. The largest absolute Gasteiger partial charge is 0.469 e. The Morgan fingerprint density at radius 2 is 2.22 bits per heavy atom. The molecule has 122 valence electrons. The zero-order valence-corrected chi connectivity index (χ0v) is 13.6. The molecule has 0 saturated heterocycles. The van der Waals surface area contributed by atoms with Crippen molar-refractivity contribution in [2.45, 2.75) is 39.5 Å². The summed E-state index contributed by atoms with van der Waals surface area (Å²) in [5, 5.41) is 0. The Labute approximate surface area is 135 Å². The van der Waals surface area contributed by atoms with Crippen LogP contribution < -0.4 is 0 Å². The SMILES string of the molecule is Cc1c(C(=O)OCC(C)C)[nH]c2c1C(=O)C[C@@H](c1ccco1)C2. The first-order valence-electron chi connectivity index (χ1n) is 7.92. The molecule has 2 aromatic heterocycles. The highest BCUT2D eigenvalue weighted by atomic mass is 16.5. The molecular weight excluding hydrogens is 294 g/mol. The third-order valence-electron chi connectivity index (χ3n) is 4.19. The van der Waals surface area contributed by atoms with Crippen molar-refractivity contribution in [1.29, 1.82) is 0 Å². The van der Waals surface area contributed by atoms with Gasteiger partial charge in [0.25, 0.3) is 0 Å². The maximum atomic E-state index is 12.5. The summed E-state index contributed by atoms with van der Waals surface area (Å²) < 4.78 is 10.7. The number of ether oxygens (including phenoxy) is 1. The molecule has 2 aromatic rings. The molecule has 0 aliphatic heterocycles. The molecule has 1 aliphatic carbocycles. The smallest absolute Gasteiger partial charge is 0.355 e. The van der Waals surface area contributed by atoms with Crippen molar-refractivity contribution in [3.8, 4) is 0 Å². The van der Waals surface area contributed by atoms with E-state index in [0.29, 0.717) is 36.3 Å². The minimum atomic E-state index is -0.395. The van der Waals surface area contributed by atoms with E-state index in [0.717, 1.165) is 11.5 Å². The minimum absolute atomic E-state index is 0.0163. The first-order chi connectivity index (χ1) is 11.0. The van der Waals surface area contributed by atoms with Gasteiger partial charge < -0.3 is 14.1 Å². The predicted molar refractivity (Wildman–Crippen MR) is 84.8 cm³/mol. The van der Waals surface area contributed by atoms with Gasteiger partial charge in [0.05, 0.1) is 12.9 Å². The molecule has 0 spiro atoms. The van der Waals surface area contributed by atoms with E-state index in [1.807, 2.05) is 26.0 Å². The number of ketones is 1. The molecule has 0 saturated carbocycles. The van der Waals surface area contributed by atoms with Crippen LogP contribution in [0.5, 0.6) is 0 Å².